The number of fused-ring (bicyclic) bond motifs is 1. The van der Waals surface area contributed by atoms with E-state index in [2.05, 4.69) is 10.6 Å². The zero-order valence-corrected chi connectivity index (χ0v) is 18.9. The van der Waals surface area contributed by atoms with Gasteiger partial charge in [0.2, 0.25) is 5.91 Å². The maximum absolute atomic E-state index is 12.5. The maximum atomic E-state index is 12.5. The number of ether oxygens (including phenoxy) is 2. The van der Waals surface area contributed by atoms with Gasteiger partial charge in [-0.3, -0.25) is 4.79 Å². The van der Waals surface area contributed by atoms with Gasteiger partial charge >= 0.3 is 12.1 Å². The number of hydrogen-bond acceptors (Lipinski definition) is 6. The average Bonchev–Trinajstić information content (AvgIpc) is 2.86. The van der Waals surface area contributed by atoms with Crippen LogP contribution < -0.4 is 10.6 Å². The molecule has 2 atom stereocenters. The molecule has 3 N–H and O–H groups in total. The number of alkyl carbamates (subject to hydrolysis) is 1. The highest BCUT2D eigenvalue weighted by Crippen LogP contribution is 2.20. The van der Waals surface area contributed by atoms with Crippen LogP contribution in [0.5, 0.6) is 0 Å². The summed E-state index contributed by atoms with van der Waals surface area (Å²) in [6.45, 7) is -0.0779. The van der Waals surface area contributed by atoms with Crippen LogP contribution in [0.1, 0.15) is 17.5 Å². The summed E-state index contributed by atoms with van der Waals surface area (Å²) in [5, 5.41) is 17.2. The zero-order valence-electron chi connectivity index (χ0n) is 18.9. The van der Waals surface area contributed by atoms with Crippen LogP contribution in [-0.4, -0.2) is 48.9 Å². The van der Waals surface area contributed by atoms with Crippen molar-refractivity contribution in [3.05, 3.63) is 83.9 Å². The number of aliphatic hydroxyl groups is 1. The fraction of sp³-hybridized carbons (Fsp3) is 0.269. The van der Waals surface area contributed by atoms with Crippen molar-refractivity contribution in [3.8, 4) is 0 Å². The van der Waals surface area contributed by atoms with E-state index in [-0.39, 0.29) is 26.0 Å². The van der Waals surface area contributed by atoms with Crippen molar-refractivity contribution in [2.24, 2.45) is 0 Å². The van der Waals surface area contributed by atoms with Crippen LogP contribution in [0, 0.1) is 0 Å². The predicted octanol–water partition coefficient (Wildman–Crippen LogP) is 2.72. The van der Waals surface area contributed by atoms with Crippen LogP contribution in [0.3, 0.4) is 0 Å². The first-order chi connectivity index (χ1) is 16.5. The van der Waals surface area contributed by atoms with E-state index in [0.717, 1.165) is 21.9 Å². The molecule has 0 aromatic heterocycles. The van der Waals surface area contributed by atoms with Crippen molar-refractivity contribution in [1.29, 1.82) is 0 Å². The third kappa shape index (κ3) is 7.31. The second-order valence-corrected chi connectivity index (χ2v) is 7.79. The fourth-order valence-corrected chi connectivity index (χ4v) is 3.54. The van der Waals surface area contributed by atoms with Gasteiger partial charge in [0.25, 0.3) is 0 Å². The van der Waals surface area contributed by atoms with Crippen LogP contribution >= 0.6 is 0 Å². The summed E-state index contributed by atoms with van der Waals surface area (Å²) in [6.07, 6.45) is -1.92. The van der Waals surface area contributed by atoms with Gasteiger partial charge in [-0.25, -0.2) is 9.59 Å². The largest absolute Gasteiger partial charge is 0.467 e. The lowest BCUT2D eigenvalue weighted by Gasteiger charge is -2.19. The highest BCUT2D eigenvalue weighted by Gasteiger charge is 2.24. The van der Waals surface area contributed by atoms with Crippen LogP contribution in [0.25, 0.3) is 10.8 Å². The molecular formula is C26H28N2O6. The summed E-state index contributed by atoms with van der Waals surface area (Å²) in [7, 11) is 1.25. The third-order valence-corrected chi connectivity index (χ3v) is 5.24. The Labute approximate surface area is 197 Å². The third-order valence-electron chi connectivity index (χ3n) is 5.24. The quantitative estimate of drug-likeness (QED) is 0.398. The first kappa shape index (κ1) is 24.7. The molecule has 0 bridgehead atoms. The van der Waals surface area contributed by atoms with Crippen molar-refractivity contribution in [1.82, 2.24) is 10.6 Å². The van der Waals surface area contributed by atoms with Crippen LogP contribution in [0.15, 0.2) is 72.8 Å². The number of carbonyl (C=O) groups excluding carboxylic acids is 3. The smallest absolute Gasteiger partial charge is 0.407 e. The van der Waals surface area contributed by atoms with Gasteiger partial charge in [0.1, 0.15) is 12.6 Å². The summed E-state index contributed by atoms with van der Waals surface area (Å²) in [4.78, 5) is 36.6. The Morgan fingerprint density at radius 3 is 2.41 bits per heavy atom. The van der Waals surface area contributed by atoms with Crippen LogP contribution in [0.2, 0.25) is 0 Å². The van der Waals surface area contributed by atoms with Gasteiger partial charge < -0.3 is 25.2 Å². The normalized spacial score (nSPS) is 12.4. The summed E-state index contributed by atoms with van der Waals surface area (Å²) in [5.74, 6) is -1.12. The number of esters is 1. The number of hydrogen-bond donors (Lipinski definition) is 3. The predicted molar refractivity (Wildman–Crippen MR) is 127 cm³/mol. The van der Waals surface area contributed by atoms with Crippen molar-refractivity contribution in [2.45, 2.75) is 31.6 Å². The number of methoxy groups -OCH3 is 1. The molecule has 8 nitrogen and oxygen atoms in total. The summed E-state index contributed by atoms with van der Waals surface area (Å²) in [6, 6.07) is 21.8. The first-order valence-electron chi connectivity index (χ1n) is 10.9. The number of rotatable bonds is 10. The molecule has 0 unspecified atom stereocenters. The fourth-order valence-electron chi connectivity index (χ4n) is 3.54. The van der Waals surface area contributed by atoms with E-state index in [0.29, 0.717) is 0 Å². The molecule has 3 rings (SSSR count). The van der Waals surface area contributed by atoms with Gasteiger partial charge in [-0.1, -0.05) is 72.8 Å². The Kier molecular flexibility index (Phi) is 8.99. The molecule has 0 radical (unpaired) electrons. The molecule has 0 aliphatic carbocycles. The Balaban J connectivity index is 1.50. The Bertz CT molecular complexity index is 1110. The minimum absolute atomic E-state index is 0.0955. The molecule has 0 aliphatic rings. The molecule has 0 saturated heterocycles. The molecule has 3 aromatic carbocycles. The van der Waals surface area contributed by atoms with Gasteiger partial charge in [0, 0.05) is 13.0 Å². The summed E-state index contributed by atoms with van der Waals surface area (Å²) in [5.41, 5.74) is 1.72. The SMILES string of the molecule is COC(=O)[C@H](Cc1cccc2ccccc12)NC(=O)C[C@@H](O)CNC(=O)OCc1ccccc1. The molecule has 8 heteroatoms. The highest BCUT2D eigenvalue weighted by atomic mass is 16.5. The number of aliphatic hydroxyl groups excluding tert-OH is 1. The zero-order chi connectivity index (χ0) is 24.3. The van der Waals surface area contributed by atoms with Gasteiger partial charge in [-0.15, -0.1) is 0 Å². The number of benzene rings is 3. The van der Waals surface area contributed by atoms with E-state index in [1.165, 1.54) is 7.11 Å². The molecule has 0 fully saturated rings. The lowest BCUT2D eigenvalue weighted by Crippen LogP contribution is -2.45. The molecule has 3 aromatic rings. The van der Waals surface area contributed by atoms with E-state index in [4.69, 9.17) is 9.47 Å². The van der Waals surface area contributed by atoms with Crippen molar-refractivity contribution >= 4 is 28.7 Å². The van der Waals surface area contributed by atoms with Gasteiger partial charge in [0.05, 0.1) is 19.6 Å². The Hall–Kier alpha value is -3.91. The Morgan fingerprint density at radius 1 is 0.941 bits per heavy atom. The first-order valence-corrected chi connectivity index (χ1v) is 10.9. The van der Waals surface area contributed by atoms with Gasteiger partial charge in [0.15, 0.2) is 0 Å². The lowest BCUT2D eigenvalue weighted by atomic mass is 9.98. The standard InChI is InChI=1S/C26H28N2O6/c1-33-25(31)23(14-20-12-7-11-19-10-5-6-13-22(19)20)28-24(30)15-21(29)16-27-26(32)34-17-18-8-3-2-4-9-18/h2-13,21,23,29H,14-17H2,1H3,(H,27,32)(H,28,30)/t21-,23+/m1/s1. The Morgan fingerprint density at radius 2 is 1.65 bits per heavy atom. The molecule has 178 valence electrons. The number of amides is 2. The van der Waals surface area contributed by atoms with E-state index in [1.807, 2.05) is 72.8 Å². The van der Waals surface area contributed by atoms with Crippen molar-refractivity contribution in [2.75, 3.05) is 13.7 Å². The van der Waals surface area contributed by atoms with Gasteiger partial charge in [-0.05, 0) is 21.9 Å². The van der Waals surface area contributed by atoms with Crippen molar-refractivity contribution in [3.63, 3.8) is 0 Å². The van der Waals surface area contributed by atoms with E-state index < -0.39 is 30.1 Å². The van der Waals surface area contributed by atoms with Crippen LogP contribution in [0.4, 0.5) is 4.79 Å². The second kappa shape index (κ2) is 12.4. The summed E-state index contributed by atoms with van der Waals surface area (Å²) < 4.78 is 9.93. The van der Waals surface area contributed by atoms with Crippen LogP contribution in [-0.2, 0) is 32.1 Å². The highest BCUT2D eigenvalue weighted by molar-refractivity contribution is 5.88. The van der Waals surface area contributed by atoms with E-state index in [9.17, 15) is 19.5 Å². The molecule has 0 spiro atoms. The lowest BCUT2D eigenvalue weighted by molar-refractivity contribution is -0.145. The van der Waals surface area contributed by atoms with E-state index in [1.54, 1.807) is 0 Å². The van der Waals surface area contributed by atoms with Crippen molar-refractivity contribution < 1.29 is 29.0 Å². The summed E-state index contributed by atoms with van der Waals surface area (Å²) >= 11 is 0. The van der Waals surface area contributed by atoms with Gasteiger partial charge in [-0.2, -0.15) is 0 Å². The second-order valence-electron chi connectivity index (χ2n) is 7.79. The molecule has 34 heavy (non-hydrogen) atoms. The maximum Gasteiger partial charge on any atom is 0.407 e. The topological polar surface area (TPSA) is 114 Å². The molecule has 0 saturated carbocycles. The molecular weight excluding hydrogens is 436 g/mol. The molecule has 0 heterocycles. The minimum Gasteiger partial charge on any atom is -0.467 e. The van der Waals surface area contributed by atoms with E-state index >= 15 is 0 Å². The number of nitrogens with one attached hydrogen (secondary N) is 2. The molecule has 0 aliphatic heterocycles. The number of carbonyl (C=O) groups is 3. The monoisotopic (exact) mass is 464 g/mol. The average molecular weight is 465 g/mol. The minimum atomic E-state index is -1.15. The molecule has 2 amide bonds.